The fourth-order valence-corrected chi connectivity index (χ4v) is 3.48. The maximum atomic E-state index is 12.5. The lowest BCUT2D eigenvalue weighted by Gasteiger charge is -2.26. The van der Waals surface area contributed by atoms with Gasteiger partial charge in [-0.3, -0.25) is 9.69 Å². The summed E-state index contributed by atoms with van der Waals surface area (Å²) in [7, 11) is 0. The van der Waals surface area contributed by atoms with Crippen LogP contribution in [0.3, 0.4) is 0 Å². The third kappa shape index (κ3) is 3.15. The molecule has 0 aromatic heterocycles. The third-order valence-electron chi connectivity index (χ3n) is 3.21. The predicted octanol–water partition coefficient (Wildman–Crippen LogP) is 2.70. The number of carbonyl (C=O) groups excluding carboxylic acids is 1. The minimum absolute atomic E-state index is 0.0476. The second-order valence-corrected chi connectivity index (χ2v) is 6.81. The summed E-state index contributed by atoms with van der Waals surface area (Å²) in [4.78, 5) is 25.3. The molecule has 0 unspecified atom stereocenters. The largest absolute Gasteiger partial charge is 0.507 e. The molecule has 0 spiro atoms. The molecule has 1 aromatic rings. The van der Waals surface area contributed by atoms with Gasteiger partial charge in [-0.2, -0.15) is 0 Å². The normalized spacial score (nSPS) is 18.3. The number of hydrogen-bond donors (Lipinski definition) is 2. The van der Waals surface area contributed by atoms with Crippen molar-refractivity contribution in [2.24, 2.45) is 5.92 Å². The van der Waals surface area contributed by atoms with Crippen LogP contribution in [0.5, 0.6) is 5.75 Å². The second-order valence-electron chi connectivity index (χ2n) is 5.14. The summed E-state index contributed by atoms with van der Waals surface area (Å²) in [6.07, 6.45) is 1.52. The van der Waals surface area contributed by atoms with Crippen molar-refractivity contribution in [1.82, 2.24) is 4.90 Å². The second kappa shape index (κ2) is 6.50. The minimum atomic E-state index is -1.09. The zero-order chi connectivity index (χ0) is 16.4. The smallest absolute Gasteiger partial charge is 0.327 e. The van der Waals surface area contributed by atoms with Gasteiger partial charge in [0.2, 0.25) is 0 Å². The van der Waals surface area contributed by atoms with E-state index in [0.29, 0.717) is 10.5 Å². The first-order chi connectivity index (χ1) is 10.3. The number of hydrogen-bond acceptors (Lipinski definition) is 5. The molecule has 1 aromatic carbocycles. The molecule has 1 atom stereocenters. The number of aromatic hydroxyl groups is 1. The molecule has 5 nitrogen and oxygen atoms in total. The summed E-state index contributed by atoms with van der Waals surface area (Å²) >= 11 is 6.20. The van der Waals surface area contributed by atoms with Crippen LogP contribution < -0.4 is 0 Å². The van der Waals surface area contributed by atoms with Crippen LogP contribution in [0.25, 0.3) is 6.08 Å². The molecule has 0 aliphatic carbocycles. The van der Waals surface area contributed by atoms with E-state index in [1.807, 2.05) is 0 Å². The molecule has 2 N–H and O–H groups in total. The Kier molecular flexibility index (Phi) is 4.87. The standard InChI is InChI=1S/C15H15NO4S2/c1-8(2)12(14(19)20)16-13(18)11(22-15(16)21)7-9-5-3-4-6-10(9)17/h3-8,12,17H,1-2H3,(H,19,20)/b11-7-/t12-/m0/s1. The fraction of sp³-hybridized carbons (Fsp3) is 0.267. The monoisotopic (exact) mass is 337 g/mol. The molecule has 0 saturated carbocycles. The Morgan fingerprint density at radius 3 is 2.55 bits per heavy atom. The number of aliphatic carboxylic acids is 1. The number of rotatable bonds is 4. The van der Waals surface area contributed by atoms with Gasteiger partial charge in [0.25, 0.3) is 5.91 Å². The maximum absolute atomic E-state index is 12.5. The number of carboxylic acids is 1. The first-order valence-corrected chi connectivity index (χ1v) is 7.83. The van der Waals surface area contributed by atoms with Gasteiger partial charge in [0.05, 0.1) is 4.91 Å². The lowest BCUT2D eigenvalue weighted by Crippen LogP contribution is -2.47. The van der Waals surface area contributed by atoms with E-state index in [0.717, 1.165) is 16.7 Å². The summed E-state index contributed by atoms with van der Waals surface area (Å²) in [5, 5.41) is 19.1. The molecule has 22 heavy (non-hydrogen) atoms. The van der Waals surface area contributed by atoms with Crippen molar-refractivity contribution in [2.45, 2.75) is 19.9 Å². The van der Waals surface area contributed by atoms with Crippen LogP contribution >= 0.6 is 24.0 Å². The molecule has 2 rings (SSSR count). The van der Waals surface area contributed by atoms with Gasteiger partial charge in [0.1, 0.15) is 16.1 Å². The number of benzene rings is 1. The fourth-order valence-electron chi connectivity index (χ4n) is 2.16. The van der Waals surface area contributed by atoms with E-state index in [2.05, 4.69) is 0 Å². The van der Waals surface area contributed by atoms with E-state index in [1.165, 1.54) is 12.1 Å². The van der Waals surface area contributed by atoms with Crippen molar-refractivity contribution in [1.29, 1.82) is 0 Å². The molecule has 1 saturated heterocycles. The van der Waals surface area contributed by atoms with Crippen LogP contribution in [0.4, 0.5) is 0 Å². The summed E-state index contributed by atoms with van der Waals surface area (Å²) in [6.45, 7) is 3.45. The number of thioether (sulfide) groups is 1. The Bertz CT molecular complexity index is 669. The summed E-state index contributed by atoms with van der Waals surface area (Å²) in [6, 6.07) is 5.60. The van der Waals surface area contributed by atoms with Crippen LogP contribution in [0.15, 0.2) is 29.2 Å². The molecule has 0 bridgehead atoms. The number of phenols is 1. The maximum Gasteiger partial charge on any atom is 0.327 e. The molecule has 1 heterocycles. The molecule has 116 valence electrons. The Hall–Kier alpha value is -1.86. The van der Waals surface area contributed by atoms with E-state index in [9.17, 15) is 19.8 Å². The number of amides is 1. The van der Waals surface area contributed by atoms with Crippen molar-refractivity contribution in [3.8, 4) is 5.75 Å². The predicted molar refractivity (Wildman–Crippen MR) is 89.4 cm³/mol. The summed E-state index contributed by atoms with van der Waals surface area (Å²) < 4.78 is 0.216. The van der Waals surface area contributed by atoms with Crippen LogP contribution in [0.1, 0.15) is 19.4 Å². The number of para-hydroxylation sites is 1. The quantitative estimate of drug-likeness (QED) is 0.650. The van der Waals surface area contributed by atoms with Gasteiger partial charge in [-0.1, -0.05) is 56.0 Å². The van der Waals surface area contributed by atoms with E-state index in [-0.39, 0.29) is 16.0 Å². The first-order valence-electron chi connectivity index (χ1n) is 6.60. The van der Waals surface area contributed by atoms with Gasteiger partial charge in [0.15, 0.2) is 0 Å². The van der Waals surface area contributed by atoms with Gasteiger partial charge < -0.3 is 10.2 Å². The van der Waals surface area contributed by atoms with E-state index >= 15 is 0 Å². The van der Waals surface area contributed by atoms with Crippen LogP contribution in [-0.2, 0) is 9.59 Å². The van der Waals surface area contributed by atoms with Crippen molar-refractivity contribution in [3.05, 3.63) is 34.7 Å². The minimum Gasteiger partial charge on any atom is -0.507 e. The summed E-state index contributed by atoms with van der Waals surface area (Å²) in [5.41, 5.74) is 0.486. The highest BCUT2D eigenvalue weighted by atomic mass is 32.2. The van der Waals surface area contributed by atoms with Crippen molar-refractivity contribution in [2.75, 3.05) is 0 Å². The number of nitrogens with zero attached hydrogens (tertiary/aromatic N) is 1. The molecular formula is C15H15NO4S2. The Balaban J connectivity index is 2.37. The molecule has 1 amide bonds. The Morgan fingerprint density at radius 2 is 2.00 bits per heavy atom. The number of carboxylic acid groups (broad SMARTS) is 1. The van der Waals surface area contributed by atoms with Gasteiger partial charge in [0, 0.05) is 5.56 Å². The first kappa shape index (κ1) is 16.5. The van der Waals surface area contributed by atoms with Crippen molar-refractivity contribution >= 4 is 46.3 Å². The van der Waals surface area contributed by atoms with E-state index < -0.39 is 17.9 Å². The molecule has 1 fully saturated rings. The Labute approximate surface area is 137 Å². The molecule has 0 radical (unpaired) electrons. The third-order valence-corrected chi connectivity index (χ3v) is 4.54. The average Bonchev–Trinajstić information content (AvgIpc) is 2.69. The van der Waals surface area contributed by atoms with Crippen LogP contribution in [0, 0.1) is 5.92 Å². The van der Waals surface area contributed by atoms with Gasteiger partial charge >= 0.3 is 5.97 Å². The van der Waals surface area contributed by atoms with E-state index in [1.54, 1.807) is 32.0 Å². The molecule has 7 heteroatoms. The highest BCUT2D eigenvalue weighted by Gasteiger charge is 2.41. The lowest BCUT2D eigenvalue weighted by molar-refractivity contribution is -0.146. The van der Waals surface area contributed by atoms with Crippen LogP contribution in [-0.4, -0.2) is 37.4 Å². The lowest BCUT2D eigenvalue weighted by atomic mass is 10.0. The average molecular weight is 337 g/mol. The molecular weight excluding hydrogens is 322 g/mol. The van der Waals surface area contributed by atoms with Gasteiger partial charge in [-0.25, -0.2) is 4.79 Å². The Morgan fingerprint density at radius 1 is 1.36 bits per heavy atom. The van der Waals surface area contributed by atoms with Gasteiger partial charge in [-0.05, 0) is 18.1 Å². The number of phenolic OH excluding ortho intramolecular Hbond substituents is 1. The van der Waals surface area contributed by atoms with Crippen molar-refractivity contribution < 1.29 is 19.8 Å². The van der Waals surface area contributed by atoms with E-state index in [4.69, 9.17) is 12.2 Å². The molecule has 1 aliphatic rings. The zero-order valence-electron chi connectivity index (χ0n) is 12.0. The highest BCUT2D eigenvalue weighted by Crippen LogP contribution is 2.36. The number of thiocarbonyl (C=S) groups is 1. The summed E-state index contributed by atoms with van der Waals surface area (Å²) in [5.74, 6) is -1.76. The number of carbonyl (C=O) groups is 2. The van der Waals surface area contributed by atoms with Crippen LogP contribution in [0.2, 0.25) is 0 Å². The van der Waals surface area contributed by atoms with Gasteiger partial charge in [-0.15, -0.1) is 0 Å². The topological polar surface area (TPSA) is 77.8 Å². The zero-order valence-corrected chi connectivity index (χ0v) is 13.6. The van der Waals surface area contributed by atoms with Crippen molar-refractivity contribution in [3.63, 3.8) is 0 Å². The molecule has 1 aliphatic heterocycles. The highest BCUT2D eigenvalue weighted by molar-refractivity contribution is 8.26. The SMILES string of the molecule is CC(C)[C@@H](C(=O)O)N1C(=O)/C(=C/c2ccccc2O)SC1=S.